The van der Waals surface area contributed by atoms with Crippen molar-refractivity contribution in [3.8, 4) is 33.4 Å². The molecule has 0 N–H and O–H groups in total. The molecule has 4 aliphatic carbocycles. The molecule has 0 aliphatic heterocycles. The predicted octanol–water partition coefficient (Wildman–Crippen LogP) is 16.2. The van der Waals surface area contributed by atoms with E-state index in [1.54, 1.807) is 0 Å². The molecule has 1 fully saturated rings. The van der Waals surface area contributed by atoms with Crippen LogP contribution in [-0.2, 0) is 10.8 Å². The summed E-state index contributed by atoms with van der Waals surface area (Å²) in [6.07, 6.45) is 6.60. The van der Waals surface area contributed by atoms with Gasteiger partial charge in [0.25, 0.3) is 0 Å². The molecule has 1 atom stereocenters. The van der Waals surface area contributed by atoms with Gasteiger partial charge < -0.3 is 4.90 Å². The van der Waals surface area contributed by atoms with Gasteiger partial charge in [0.2, 0.25) is 0 Å². The van der Waals surface area contributed by atoms with E-state index in [1.807, 2.05) is 0 Å². The van der Waals surface area contributed by atoms with Crippen molar-refractivity contribution in [1.82, 2.24) is 0 Å². The quantitative estimate of drug-likeness (QED) is 0.172. The van der Waals surface area contributed by atoms with Gasteiger partial charge in [-0.05, 0) is 149 Å². The summed E-state index contributed by atoms with van der Waals surface area (Å²) >= 11 is 0. The summed E-state index contributed by atoms with van der Waals surface area (Å²) in [5, 5.41) is 5.18. The van der Waals surface area contributed by atoms with Crippen LogP contribution in [0.3, 0.4) is 0 Å². The van der Waals surface area contributed by atoms with Gasteiger partial charge in [0, 0.05) is 22.5 Å². The second kappa shape index (κ2) is 12.9. The molecule has 0 heterocycles. The zero-order valence-electron chi connectivity index (χ0n) is 34.9. The van der Waals surface area contributed by atoms with Crippen molar-refractivity contribution in [1.29, 1.82) is 0 Å². The first-order valence-corrected chi connectivity index (χ1v) is 22.4. The van der Waals surface area contributed by atoms with Gasteiger partial charge in [0.15, 0.2) is 0 Å². The molecule has 13 rings (SSSR count). The fraction of sp³-hybridized carbons (Fsp3) is 0.167. The number of hydrogen-bond donors (Lipinski definition) is 0. The zero-order valence-corrected chi connectivity index (χ0v) is 34.9. The van der Waals surface area contributed by atoms with Gasteiger partial charge in [0.05, 0.1) is 5.41 Å². The molecule has 0 aromatic heterocycles. The van der Waals surface area contributed by atoms with Crippen LogP contribution in [0.2, 0.25) is 0 Å². The summed E-state index contributed by atoms with van der Waals surface area (Å²) in [5.41, 5.74) is 20.8. The Bertz CT molecular complexity index is 3280. The molecule has 0 bridgehead atoms. The molecule has 0 amide bonds. The number of hydrogen-bond acceptors (Lipinski definition) is 1. The Kier molecular flexibility index (Phi) is 7.42. The third kappa shape index (κ3) is 4.84. The van der Waals surface area contributed by atoms with Gasteiger partial charge in [-0.1, -0.05) is 179 Å². The minimum Gasteiger partial charge on any atom is -0.310 e. The lowest BCUT2D eigenvalue weighted by Crippen LogP contribution is -2.32. The molecule has 4 aliphatic rings. The van der Waals surface area contributed by atoms with Crippen LogP contribution in [0.25, 0.3) is 54.9 Å². The lowest BCUT2D eigenvalue weighted by Gasteiger charge is -2.41. The molecule has 1 nitrogen and oxygen atoms in total. The second-order valence-electron chi connectivity index (χ2n) is 18.6. The molecule has 0 radical (unpaired) electrons. The van der Waals surface area contributed by atoms with Crippen LogP contribution in [0.1, 0.15) is 90.8 Å². The summed E-state index contributed by atoms with van der Waals surface area (Å²) in [7, 11) is 0. The van der Waals surface area contributed by atoms with E-state index in [4.69, 9.17) is 0 Å². The van der Waals surface area contributed by atoms with E-state index in [9.17, 15) is 0 Å². The van der Waals surface area contributed by atoms with Crippen LogP contribution in [0.5, 0.6) is 0 Å². The highest BCUT2D eigenvalue weighted by molar-refractivity contribution is 6.07. The Labute approximate surface area is 359 Å². The largest absolute Gasteiger partial charge is 0.310 e. The average molecular weight is 782 g/mol. The summed E-state index contributed by atoms with van der Waals surface area (Å²) < 4.78 is 0. The topological polar surface area (TPSA) is 3.24 Å². The molecular weight excluding hydrogens is 735 g/mol. The lowest BCUT2D eigenvalue weighted by atomic mass is 9.61. The van der Waals surface area contributed by atoms with Crippen molar-refractivity contribution in [2.24, 2.45) is 0 Å². The number of rotatable bonds is 4. The maximum absolute atomic E-state index is 2.61. The Morgan fingerprint density at radius 2 is 0.934 bits per heavy atom. The molecule has 9 aromatic carbocycles. The summed E-state index contributed by atoms with van der Waals surface area (Å²) in [6.45, 7) is 4.77. The van der Waals surface area contributed by atoms with Crippen LogP contribution in [0, 0.1) is 0 Å². The normalized spacial score (nSPS) is 17.8. The van der Waals surface area contributed by atoms with E-state index in [0.29, 0.717) is 5.92 Å². The van der Waals surface area contributed by atoms with Crippen LogP contribution in [0.15, 0.2) is 182 Å². The standard InChI is InChI=1S/C60H47N/c1-59(2)52-23-10-8-20-46(52)48-31-29-44(36-56(48)59)61(43-28-26-39-16-6-7-17-41(39)34-43)45-30-32-49-47-21-9-11-24-53(47)60(57(49)37-45)54-33-27-42(38-14-4-3-5-15-38)35-51(54)50-22-12-18-40-19-13-25-55(60)58(40)50/h6-13,16-38H,3-5,14-15H2,1-2H3. The second-order valence-corrected chi connectivity index (χ2v) is 18.6. The molecule has 292 valence electrons. The first-order valence-electron chi connectivity index (χ1n) is 22.4. The number of nitrogens with zero attached hydrogens (tertiary/aromatic N) is 1. The molecule has 61 heavy (non-hydrogen) atoms. The monoisotopic (exact) mass is 781 g/mol. The lowest BCUT2D eigenvalue weighted by molar-refractivity contribution is 0.443. The SMILES string of the molecule is CC1(C)c2ccccc2-c2ccc(N(c3ccc4c(c3)C3(c5ccccc5-4)c4ccc(C5CCCCC5)cc4-c4cccc5cccc3c45)c3ccc4ccccc4c3)cc21. The smallest absolute Gasteiger partial charge is 0.0726 e. The number of benzene rings is 9. The Balaban J connectivity index is 1.09. The molecule has 1 spiro atoms. The third-order valence-corrected chi connectivity index (χ3v) is 15.2. The van der Waals surface area contributed by atoms with Gasteiger partial charge in [-0.3, -0.25) is 0 Å². The highest BCUT2D eigenvalue weighted by Crippen LogP contribution is 2.63. The first-order chi connectivity index (χ1) is 30.0. The van der Waals surface area contributed by atoms with Crippen molar-refractivity contribution < 1.29 is 0 Å². The number of fused-ring (bicyclic) bond motifs is 13. The van der Waals surface area contributed by atoms with Gasteiger partial charge >= 0.3 is 0 Å². The van der Waals surface area contributed by atoms with Crippen LogP contribution < -0.4 is 4.90 Å². The minimum absolute atomic E-state index is 0.116. The Hall–Kier alpha value is -6.70. The molecule has 1 heteroatoms. The van der Waals surface area contributed by atoms with Crippen molar-refractivity contribution in [2.45, 2.75) is 62.7 Å². The molecule has 1 unspecified atom stereocenters. The molecule has 0 saturated heterocycles. The molecule has 9 aromatic rings. The summed E-state index contributed by atoms with van der Waals surface area (Å²) in [6, 6.07) is 70.2. The van der Waals surface area contributed by atoms with Crippen molar-refractivity contribution in [2.75, 3.05) is 4.90 Å². The Morgan fingerprint density at radius 3 is 1.74 bits per heavy atom. The first kappa shape index (κ1) is 35.1. The van der Waals surface area contributed by atoms with Gasteiger partial charge in [-0.25, -0.2) is 0 Å². The van der Waals surface area contributed by atoms with E-state index in [-0.39, 0.29) is 5.41 Å². The fourth-order valence-corrected chi connectivity index (χ4v) is 12.4. The molecule has 1 saturated carbocycles. The third-order valence-electron chi connectivity index (χ3n) is 15.2. The Morgan fingerprint density at radius 1 is 0.377 bits per heavy atom. The van der Waals surface area contributed by atoms with Gasteiger partial charge in [0.1, 0.15) is 0 Å². The van der Waals surface area contributed by atoms with E-state index in [1.165, 1.54) is 137 Å². The predicted molar refractivity (Wildman–Crippen MR) is 256 cm³/mol. The van der Waals surface area contributed by atoms with E-state index < -0.39 is 5.41 Å². The summed E-state index contributed by atoms with van der Waals surface area (Å²) in [4.78, 5) is 2.52. The fourth-order valence-electron chi connectivity index (χ4n) is 12.4. The highest BCUT2D eigenvalue weighted by Gasteiger charge is 2.50. The number of anilines is 3. The summed E-state index contributed by atoms with van der Waals surface area (Å²) in [5.74, 6) is 0.627. The van der Waals surface area contributed by atoms with Gasteiger partial charge in [-0.15, -0.1) is 0 Å². The van der Waals surface area contributed by atoms with Crippen LogP contribution in [-0.4, -0.2) is 0 Å². The minimum atomic E-state index is -0.493. The van der Waals surface area contributed by atoms with E-state index in [2.05, 4.69) is 201 Å². The average Bonchev–Trinajstić information content (AvgIpc) is 3.73. The van der Waals surface area contributed by atoms with Crippen molar-refractivity contribution in [3.63, 3.8) is 0 Å². The van der Waals surface area contributed by atoms with Crippen molar-refractivity contribution >= 4 is 38.6 Å². The van der Waals surface area contributed by atoms with E-state index in [0.717, 1.165) is 5.69 Å². The highest BCUT2D eigenvalue weighted by atomic mass is 15.1. The maximum Gasteiger partial charge on any atom is 0.0726 e. The van der Waals surface area contributed by atoms with E-state index >= 15 is 0 Å². The van der Waals surface area contributed by atoms with Gasteiger partial charge in [-0.2, -0.15) is 0 Å². The van der Waals surface area contributed by atoms with Crippen molar-refractivity contribution in [3.05, 3.63) is 221 Å². The zero-order chi connectivity index (χ0) is 40.5. The molecular formula is C60H47N. The van der Waals surface area contributed by atoms with Crippen LogP contribution >= 0.6 is 0 Å². The maximum atomic E-state index is 2.61. The van der Waals surface area contributed by atoms with Crippen LogP contribution in [0.4, 0.5) is 17.1 Å².